The van der Waals surface area contributed by atoms with Gasteiger partial charge in [0.05, 0.1) is 0 Å². The zero-order valence-corrected chi connectivity index (χ0v) is 20.0. The van der Waals surface area contributed by atoms with Gasteiger partial charge in [0.1, 0.15) is 0 Å². The first-order valence-electron chi connectivity index (χ1n) is 12.5. The fourth-order valence-electron chi connectivity index (χ4n) is 8.59. The standard InChI is InChI=1S/C27H44S/c1-18(2)7-6-8-19(3)23-13-14-24-22-12-10-20-9-11-21(28)17-27(20,5)25(22)15-16-26(23,24)4/h10,18-19,22-25H,6-9,11-17H2,1-5H3/t19-,22+,23-,24+,25+,26-,27+/m1/s1. The van der Waals surface area contributed by atoms with Crippen molar-refractivity contribution in [1.82, 2.24) is 0 Å². The zero-order valence-electron chi connectivity index (χ0n) is 19.2. The van der Waals surface area contributed by atoms with Gasteiger partial charge in [0, 0.05) is 0 Å². The smallest absolute Gasteiger partial charge is 0.00399 e. The Bertz CT molecular complexity index is 630. The molecule has 0 aromatic carbocycles. The minimum atomic E-state index is 0.403. The van der Waals surface area contributed by atoms with Gasteiger partial charge in [0.25, 0.3) is 0 Å². The van der Waals surface area contributed by atoms with E-state index in [1.807, 2.05) is 0 Å². The minimum absolute atomic E-state index is 0.403. The van der Waals surface area contributed by atoms with Crippen molar-refractivity contribution in [1.29, 1.82) is 0 Å². The van der Waals surface area contributed by atoms with Crippen LogP contribution >= 0.6 is 12.2 Å². The molecule has 7 atom stereocenters. The largest absolute Gasteiger partial charge is 0.0896 e. The monoisotopic (exact) mass is 400 g/mol. The molecule has 0 aliphatic heterocycles. The average molecular weight is 401 g/mol. The normalized spacial score (nSPS) is 43.9. The highest BCUT2D eigenvalue weighted by Gasteiger charge is 2.58. The molecule has 0 heterocycles. The van der Waals surface area contributed by atoms with Crippen LogP contribution in [0.2, 0.25) is 0 Å². The molecule has 0 radical (unpaired) electrons. The van der Waals surface area contributed by atoms with Gasteiger partial charge in [-0.15, -0.1) is 0 Å². The molecule has 0 unspecified atom stereocenters. The van der Waals surface area contributed by atoms with Crippen molar-refractivity contribution in [3.8, 4) is 0 Å². The highest BCUT2D eigenvalue weighted by molar-refractivity contribution is 7.80. The van der Waals surface area contributed by atoms with Crippen LogP contribution < -0.4 is 0 Å². The molecular weight excluding hydrogens is 356 g/mol. The second kappa shape index (κ2) is 7.82. The molecule has 4 rings (SSSR count). The van der Waals surface area contributed by atoms with E-state index in [0.717, 1.165) is 35.5 Å². The number of hydrogen-bond acceptors (Lipinski definition) is 1. The van der Waals surface area contributed by atoms with Gasteiger partial charge >= 0.3 is 0 Å². The third-order valence-corrected chi connectivity index (χ3v) is 10.4. The van der Waals surface area contributed by atoms with Crippen molar-refractivity contribution in [2.24, 2.45) is 46.3 Å². The summed E-state index contributed by atoms with van der Waals surface area (Å²) in [7, 11) is 0. The van der Waals surface area contributed by atoms with Gasteiger partial charge in [0.15, 0.2) is 0 Å². The predicted octanol–water partition coefficient (Wildman–Crippen LogP) is 8.40. The van der Waals surface area contributed by atoms with E-state index < -0.39 is 0 Å². The van der Waals surface area contributed by atoms with Crippen LogP contribution in [0.5, 0.6) is 0 Å². The van der Waals surface area contributed by atoms with Gasteiger partial charge < -0.3 is 0 Å². The molecular formula is C27H44S. The maximum atomic E-state index is 5.74. The van der Waals surface area contributed by atoms with Gasteiger partial charge in [-0.25, -0.2) is 0 Å². The van der Waals surface area contributed by atoms with Crippen molar-refractivity contribution in [3.05, 3.63) is 11.6 Å². The SMILES string of the molecule is CC(C)CCC[C@@H](C)[C@H]1CC[C@H]2[C@@H]3CC=C4CCC(=S)C[C@]4(C)[C@H]3CC[C@]12C. The van der Waals surface area contributed by atoms with E-state index in [1.54, 1.807) is 5.57 Å². The molecule has 0 aromatic rings. The summed E-state index contributed by atoms with van der Waals surface area (Å²) in [5.41, 5.74) is 2.79. The van der Waals surface area contributed by atoms with Gasteiger partial charge in [-0.05, 0) is 103 Å². The molecule has 0 nitrogen and oxygen atoms in total. The van der Waals surface area contributed by atoms with Crippen molar-refractivity contribution in [2.75, 3.05) is 0 Å². The second-order valence-corrected chi connectivity index (χ2v) is 12.6. The van der Waals surface area contributed by atoms with Crippen LogP contribution in [0.3, 0.4) is 0 Å². The topological polar surface area (TPSA) is 0 Å². The van der Waals surface area contributed by atoms with E-state index in [0.29, 0.717) is 10.8 Å². The molecule has 158 valence electrons. The van der Waals surface area contributed by atoms with Crippen molar-refractivity contribution in [2.45, 2.75) is 105 Å². The van der Waals surface area contributed by atoms with Crippen LogP contribution in [-0.2, 0) is 0 Å². The maximum absolute atomic E-state index is 5.74. The van der Waals surface area contributed by atoms with Crippen LogP contribution in [-0.4, -0.2) is 4.86 Å². The first-order chi connectivity index (χ1) is 13.3. The van der Waals surface area contributed by atoms with E-state index in [2.05, 4.69) is 40.7 Å². The molecule has 0 bridgehead atoms. The molecule has 3 fully saturated rings. The Hall–Kier alpha value is -0.170. The van der Waals surface area contributed by atoms with E-state index >= 15 is 0 Å². The van der Waals surface area contributed by atoms with Crippen LogP contribution in [0.15, 0.2) is 11.6 Å². The Balaban J connectivity index is 1.50. The third-order valence-electron chi connectivity index (χ3n) is 10.1. The van der Waals surface area contributed by atoms with E-state index in [-0.39, 0.29) is 0 Å². The molecule has 0 aromatic heterocycles. The van der Waals surface area contributed by atoms with Gasteiger partial charge in [-0.3, -0.25) is 0 Å². The van der Waals surface area contributed by atoms with Crippen molar-refractivity contribution < 1.29 is 0 Å². The summed E-state index contributed by atoms with van der Waals surface area (Å²) in [6.45, 7) is 12.6. The van der Waals surface area contributed by atoms with Crippen LogP contribution in [0.25, 0.3) is 0 Å². The summed E-state index contributed by atoms with van der Waals surface area (Å²) >= 11 is 5.74. The molecule has 28 heavy (non-hydrogen) atoms. The maximum Gasteiger partial charge on any atom is -0.00399 e. The Morgan fingerprint density at radius 2 is 1.82 bits per heavy atom. The molecule has 0 amide bonds. The van der Waals surface area contributed by atoms with Crippen molar-refractivity contribution >= 4 is 17.1 Å². The Morgan fingerprint density at radius 3 is 2.57 bits per heavy atom. The molecule has 3 saturated carbocycles. The quantitative estimate of drug-likeness (QED) is 0.330. The lowest BCUT2D eigenvalue weighted by molar-refractivity contribution is -0.0437. The summed E-state index contributed by atoms with van der Waals surface area (Å²) in [4.78, 5) is 1.36. The lowest BCUT2D eigenvalue weighted by atomic mass is 9.47. The number of rotatable bonds is 5. The Morgan fingerprint density at radius 1 is 1.04 bits per heavy atom. The minimum Gasteiger partial charge on any atom is -0.0896 e. The number of allylic oxidation sites excluding steroid dienone is 2. The van der Waals surface area contributed by atoms with Gasteiger partial charge in [-0.2, -0.15) is 0 Å². The van der Waals surface area contributed by atoms with Gasteiger partial charge in [-0.1, -0.05) is 77.7 Å². The summed E-state index contributed by atoms with van der Waals surface area (Å²) in [6, 6.07) is 0. The Kier molecular flexibility index (Phi) is 5.89. The lowest BCUT2D eigenvalue weighted by Gasteiger charge is -2.58. The average Bonchev–Trinajstić information content (AvgIpc) is 2.98. The Labute approximate surface area is 180 Å². The van der Waals surface area contributed by atoms with E-state index in [4.69, 9.17) is 12.2 Å². The molecule has 0 N–H and O–H groups in total. The lowest BCUT2D eigenvalue weighted by Crippen LogP contribution is -2.50. The highest BCUT2D eigenvalue weighted by atomic mass is 32.1. The molecule has 4 aliphatic carbocycles. The number of fused-ring (bicyclic) bond motifs is 5. The van der Waals surface area contributed by atoms with E-state index in [1.165, 1.54) is 75.5 Å². The summed E-state index contributed by atoms with van der Waals surface area (Å²) in [5.74, 6) is 5.54. The molecule has 4 aliphatic rings. The molecule has 0 saturated heterocycles. The fourth-order valence-corrected chi connectivity index (χ4v) is 8.99. The number of hydrogen-bond donors (Lipinski definition) is 0. The summed E-state index contributed by atoms with van der Waals surface area (Å²) < 4.78 is 0. The first kappa shape index (κ1) is 21.1. The zero-order chi connectivity index (χ0) is 20.1. The van der Waals surface area contributed by atoms with Crippen molar-refractivity contribution in [3.63, 3.8) is 0 Å². The number of thiocarbonyl (C=S) groups is 1. The van der Waals surface area contributed by atoms with Crippen LogP contribution in [0, 0.1) is 46.3 Å². The van der Waals surface area contributed by atoms with Crippen LogP contribution in [0.1, 0.15) is 105 Å². The van der Waals surface area contributed by atoms with Crippen LogP contribution in [0.4, 0.5) is 0 Å². The van der Waals surface area contributed by atoms with E-state index in [9.17, 15) is 0 Å². The summed E-state index contributed by atoms with van der Waals surface area (Å²) in [6.07, 6.45) is 17.9. The highest BCUT2D eigenvalue weighted by Crippen LogP contribution is 2.67. The summed E-state index contributed by atoms with van der Waals surface area (Å²) in [5, 5.41) is 0. The third kappa shape index (κ3) is 3.46. The van der Waals surface area contributed by atoms with Gasteiger partial charge in [0.2, 0.25) is 0 Å². The predicted molar refractivity (Wildman–Crippen MR) is 126 cm³/mol. The fraction of sp³-hybridized carbons (Fsp3) is 0.889. The molecule has 1 heteroatoms. The second-order valence-electron chi connectivity index (χ2n) is 12.0. The molecule has 0 spiro atoms. The first-order valence-corrected chi connectivity index (χ1v) is 12.9.